The third kappa shape index (κ3) is 4.32. The van der Waals surface area contributed by atoms with Crippen LogP contribution in [0.3, 0.4) is 0 Å². The van der Waals surface area contributed by atoms with Crippen molar-refractivity contribution in [3.63, 3.8) is 0 Å². The maximum absolute atomic E-state index is 12.2. The van der Waals surface area contributed by atoms with Crippen molar-refractivity contribution in [2.75, 3.05) is 20.6 Å². The number of nitrogens with one attached hydrogen (secondary N) is 1. The van der Waals surface area contributed by atoms with Gasteiger partial charge < -0.3 is 10.2 Å². The molecule has 1 amide bonds. The van der Waals surface area contributed by atoms with Gasteiger partial charge in [-0.1, -0.05) is 30.3 Å². The summed E-state index contributed by atoms with van der Waals surface area (Å²) in [6.07, 6.45) is 3.41. The normalized spacial score (nSPS) is 12.8. The van der Waals surface area contributed by atoms with Crippen LogP contribution < -0.4 is 5.32 Å². The van der Waals surface area contributed by atoms with Crippen molar-refractivity contribution in [1.82, 2.24) is 20.0 Å². The monoisotopic (exact) mass is 326 g/mol. The summed E-state index contributed by atoms with van der Waals surface area (Å²) in [7, 11) is 5.94. The molecule has 0 saturated heterocycles. The van der Waals surface area contributed by atoms with Gasteiger partial charge in [0, 0.05) is 30.9 Å². The van der Waals surface area contributed by atoms with Crippen molar-refractivity contribution in [1.29, 1.82) is 0 Å². The number of carbonyl (C=O) groups excluding carboxylic acids is 1. The van der Waals surface area contributed by atoms with Gasteiger partial charge in [-0.2, -0.15) is 5.10 Å². The Morgan fingerprint density at radius 3 is 2.50 bits per heavy atom. The molecule has 0 aliphatic carbocycles. The first-order chi connectivity index (χ1) is 11.4. The molecule has 2 rings (SSSR count). The fourth-order valence-electron chi connectivity index (χ4n) is 2.72. The highest BCUT2D eigenvalue weighted by molar-refractivity contribution is 5.92. The molecule has 1 atom stereocenters. The molecule has 128 valence electrons. The van der Waals surface area contributed by atoms with E-state index >= 15 is 0 Å². The number of nitrogens with zero attached hydrogens (tertiary/aromatic N) is 3. The standard InChI is InChI=1S/C19H26N4O/c1-14-17(15(2)23(5)21-14)11-12-19(24)20-13-18(22(3)4)16-9-7-6-8-10-16/h6-12,18H,13H2,1-5H3,(H,20,24)/b12-11+/t18-/m0/s1. The Hall–Kier alpha value is -2.40. The third-order valence-corrected chi connectivity index (χ3v) is 4.24. The molecule has 24 heavy (non-hydrogen) atoms. The highest BCUT2D eigenvalue weighted by atomic mass is 16.1. The average molecular weight is 326 g/mol. The number of likely N-dealkylation sites (N-methyl/N-ethyl adjacent to an activating group) is 1. The Kier molecular flexibility index (Phi) is 5.93. The van der Waals surface area contributed by atoms with Crippen molar-refractivity contribution in [2.45, 2.75) is 19.9 Å². The maximum atomic E-state index is 12.2. The van der Waals surface area contributed by atoms with E-state index in [1.54, 1.807) is 6.08 Å². The van der Waals surface area contributed by atoms with Crippen LogP contribution in [0, 0.1) is 13.8 Å². The molecule has 0 saturated carbocycles. The van der Waals surface area contributed by atoms with Crippen LogP contribution in [0.1, 0.15) is 28.6 Å². The molecule has 1 N–H and O–H groups in total. The number of carbonyl (C=O) groups is 1. The molecule has 0 radical (unpaired) electrons. The van der Waals surface area contributed by atoms with Crippen LogP contribution in [0.15, 0.2) is 36.4 Å². The second-order valence-electron chi connectivity index (χ2n) is 6.18. The zero-order chi connectivity index (χ0) is 17.7. The molecule has 1 aromatic heterocycles. The number of hydrogen-bond donors (Lipinski definition) is 1. The second kappa shape index (κ2) is 7.93. The van der Waals surface area contributed by atoms with Crippen LogP contribution in [-0.4, -0.2) is 41.2 Å². The predicted octanol–water partition coefficient (Wildman–Crippen LogP) is 2.47. The van der Waals surface area contributed by atoms with E-state index in [1.807, 2.05) is 63.9 Å². The zero-order valence-corrected chi connectivity index (χ0v) is 15.1. The van der Waals surface area contributed by atoms with Gasteiger partial charge in [-0.3, -0.25) is 9.48 Å². The summed E-state index contributed by atoms with van der Waals surface area (Å²) in [5.41, 5.74) is 4.16. The first kappa shape index (κ1) is 17.9. The lowest BCUT2D eigenvalue weighted by Crippen LogP contribution is -2.33. The minimum atomic E-state index is -0.0968. The van der Waals surface area contributed by atoms with E-state index in [4.69, 9.17) is 0 Å². The second-order valence-corrected chi connectivity index (χ2v) is 6.18. The molecule has 0 bridgehead atoms. The molecule has 1 heterocycles. The molecule has 0 fully saturated rings. The van der Waals surface area contributed by atoms with Crippen molar-refractivity contribution < 1.29 is 4.79 Å². The van der Waals surface area contributed by atoms with Gasteiger partial charge in [0.25, 0.3) is 0 Å². The number of rotatable bonds is 6. The molecule has 5 nitrogen and oxygen atoms in total. The van der Waals surface area contributed by atoms with E-state index in [-0.39, 0.29) is 11.9 Å². The van der Waals surface area contributed by atoms with Crippen molar-refractivity contribution in [2.24, 2.45) is 7.05 Å². The van der Waals surface area contributed by atoms with Gasteiger partial charge in [-0.25, -0.2) is 0 Å². The first-order valence-corrected chi connectivity index (χ1v) is 8.07. The van der Waals surface area contributed by atoms with Crippen LogP contribution in [-0.2, 0) is 11.8 Å². The summed E-state index contributed by atoms with van der Waals surface area (Å²) < 4.78 is 1.82. The van der Waals surface area contributed by atoms with Crippen LogP contribution in [0.4, 0.5) is 0 Å². The van der Waals surface area contributed by atoms with Crippen LogP contribution >= 0.6 is 0 Å². The smallest absolute Gasteiger partial charge is 0.244 e. The lowest BCUT2D eigenvalue weighted by atomic mass is 10.1. The van der Waals surface area contributed by atoms with Gasteiger partial charge >= 0.3 is 0 Å². The Labute approximate surface area is 144 Å². The van der Waals surface area contributed by atoms with Crippen molar-refractivity contribution in [3.8, 4) is 0 Å². The maximum Gasteiger partial charge on any atom is 0.244 e. The van der Waals surface area contributed by atoms with E-state index in [0.29, 0.717) is 6.54 Å². The van der Waals surface area contributed by atoms with Gasteiger partial charge in [-0.05, 0) is 39.6 Å². The Morgan fingerprint density at radius 1 is 1.29 bits per heavy atom. The summed E-state index contributed by atoms with van der Waals surface area (Å²) >= 11 is 0. The predicted molar refractivity (Wildman–Crippen MR) is 97.6 cm³/mol. The minimum absolute atomic E-state index is 0.0968. The molecule has 0 aliphatic heterocycles. The van der Waals surface area contributed by atoms with Crippen molar-refractivity contribution in [3.05, 3.63) is 58.9 Å². The fraction of sp³-hybridized carbons (Fsp3) is 0.368. The third-order valence-electron chi connectivity index (χ3n) is 4.24. The topological polar surface area (TPSA) is 50.2 Å². The van der Waals surface area contributed by atoms with Crippen molar-refractivity contribution >= 4 is 12.0 Å². The summed E-state index contributed by atoms with van der Waals surface area (Å²) in [5.74, 6) is -0.0968. The van der Waals surface area contributed by atoms with Gasteiger partial charge in [0.15, 0.2) is 0 Å². The molecule has 0 unspecified atom stereocenters. The average Bonchev–Trinajstić information content (AvgIpc) is 2.79. The number of amides is 1. The number of aromatic nitrogens is 2. The van der Waals surface area contributed by atoms with Crippen LogP contribution in [0.5, 0.6) is 0 Å². The highest BCUT2D eigenvalue weighted by Crippen LogP contribution is 2.17. The Morgan fingerprint density at radius 2 is 1.96 bits per heavy atom. The summed E-state index contributed by atoms with van der Waals surface area (Å²) in [4.78, 5) is 14.3. The lowest BCUT2D eigenvalue weighted by molar-refractivity contribution is -0.116. The quantitative estimate of drug-likeness (QED) is 0.830. The van der Waals surface area contributed by atoms with Gasteiger partial charge in [-0.15, -0.1) is 0 Å². The SMILES string of the molecule is Cc1nn(C)c(C)c1/C=C/C(=O)NC[C@@H](c1ccccc1)N(C)C. The van der Waals surface area contributed by atoms with Crippen LogP contribution in [0.25, 0.3) is 6.08 Å². The van der Waals surface area contributed by atoms with Gasteiger partial charge in [0.05, 0.1) is 11.7 Å². The fourth-order valence-corrected chi connectivity index (χ4v) is 2.72. The largest absolute Gasteiger partial charge is 0.351 e. The molecule has 1 aromatic carbocycles. The number of benzene rings is 1. The molecule has 5 heteroatoms. The van der Waals surface area contributed by atoms with E-state index < -0.39 is 0 Å². The molecular formula is C19H26N4O. The Bertz CT molecular complexity index is 716. The number of aryl methyl sites for hydroxylation is 2. The van der Waals surface area contributed by atoms with Gasteiger partial charge in [0.1, 0.15) is 0 Å². The molecule has 0 aliphatic rings. The molecular weight excluding hydrogens is 300 g/mol. The van der Waals surface area contributed by atoms with E-state index in [2.05, 4.69) is 27.4 Å². The summed E-state index contributed by atoms with van der Waals surface area (Å²) in [6.45, 7) is 4.50. The van der Waals surface area contributed by atoms with Crippen LogP contribution in [0.2, 0.25) is 0 Å². The van der Waals surface area contributed by atoms with E-state index in [9.17, 15) is 4.79 Å². The first-order valence-electron chi connectivity index (χ1n) is 8.07. The highest BCUT2D eigenvalue weighted by Gasteiger charge is 2.14. The minimum Gasteiger partial charge on any atom is -0.351 e. The van der Waals surface area contributed by atoms with Gasteiger partial charge in [0.2, 0.25) is 5.91 Å². The molecule has 2 aromatic rings. The summed E-state index contributed by atoms with van der Waals surface area (Å²) in [6, 6.07) is 10.3. The summed E-state index contributed by atoms with van der Waals surface area (Å²) in [5, 5.41) is 7.34. The van der Waals surface area contributed by atoms with E-state index in [0.717, 1.165) is 17.0 Å². The number of hydrogen-bond acceptors (Lipinski definition) is 3. The lowest BCUT2D eigenvalue weighted by Gasteiger charge is -2.24. The van der Waals surface area contributed by atoms with E-state index in [1.165, 1.54) is 5.56 Å². The molecule has 0 spiro atoms. The Balaban J connectivity index is 2.00. The zero-order valence-electron chi connectivity index (χ0n) is 15.1.